The van der Waals surface area contributed by atoms with Crippen molar-refractivity contribution in [2.45, 2.75) is 33.1 Å². The minimum absolute atomic E-state index is 0. The van der Waals surface area contributed by atoms with Crippen LogP contribution in [0.15, 0.2) is 0 Å². The summed E-state index contributed by atoms with van der Waals surface area (Å²) < 4.78 is 0. The monoisotopic (exact) mass is 144 g/mol. The van der Waals surface area contributed by atoms with Crippen LogP contribution < -0.4 is 12.4 Å². The molecule has 0 aliphatic heterocycles. The van der Waals surface area contributed by atoms with Gasteiger partial charge in [0.25, 0.3) is 0 Å². The second-order valence-corrected chi connectivity index (χ2v) is 1.55. The number of halogens is 1. The molecule has 0 spiro atoms. The number of rotatable bonds is 3. The Hall–Kier alpha value is 1.06. The summed E-state index contributed by atoms with van der Waals surface area (Å²) in [5.41, 5.74) is 0. The molecular weight excluding hydrogens is 132 g/mol. The molecule has 0 bridgehead atoms. The van der Waals surface area contributed by atoms with Crippen LogP contribution in [-0.2, 0) is 0 Å². The van der Waals surface area contributed by atoms with Gasteiger partial charge in [0.1, 0.15) is 0 Å². The fraction of sp³-hybridized carbons (Fsp3) is 0.833. The summed E-state index contributed by atoms with van der Waals surface area (Å²) in [6, 6.07) is 0. The minimum Gasteiger partial charge on any atom is -1.00 e. The molecule has 2 heteroatoms. The zero-order valence-electron chi connectivity index (χ0n) is 5.78. The minimum atomic E-state index is 0. The van der Waals surface area contributed by atoms with Gasteiger partial charge in [-0.15, -0.1) is 0 Å². The van der Waals surface area contributed by atoms with Crippen molar-refractivity contribution in [3.8, 4) is 0 Å². The molecule has 0 nitrogen and oxygen atoms in total. The van der Waals surface area contributed by atoms with E-state index >= 15 is 0 Å². The van der Waals surface area contributed by atoms with E-state index in [-0.39, 0.29) is 35.5 Å². The standard InChI is InChI=1S/C6H13.ClH.Mg/c1-3-5-6-4-2;;/h3H,4-6H2,1-2H3;1H;/q-1;;+2/p-1. The van der Waals surface area contributed by atoms with E-state index < -0.39 is 0 Å². The number of unbranched alkanes of at least 4 members (excludes halogenated alkanes) is 3. The van der Waals surface area contributed by atoms with E-state index in [1.165, 1.54) is 19.3 Å². The first-order valence-electron chi connectivity index (χ1n) is 2.69. The predicted molar refractivity (Wildman–Crippen MR) is 35.3 cm³/mol. The summed E-state index contributed by atoms with van der Waals surface area (Å²) in [5.74, 6) is 0. The van der Waals surface area contributed by atoms with Gasteiger partial charge in [-0.05, 0) is 0 Å². The number of hydrogen-bond acceptors (Lipinski definition) is 0. The van der Waals surface area contributed by atoms with Gasteiger partial charge in [-0.2, -0.15) is 13.3 Å². The molecule has 8 heavy (non-hydrogen) atoms. The maximum absolute atomic E-state index is 2.21. The quantitative estimate of drug-likeness (QED) is 0.272. The summed E-state index contributed by atoms with van der Waals surface area (Å²) in [6.45, 7) is 4.32. The van der Waals surface area contributed by atoms with Crippen molar-refractivity contribution in [1.29, 1.82) is 0 Å². The Balaban J connectivity index is -0.000000125. The zero-order chi connectivity index (χ0) is 4.83. The molecule has 0 saturated heterocycles. The fourth-order valence-corrected chi connectivity index (χ4v) is 0.408. The Kier molecular flexibility index (Phi) is 31.4. The van der Waals surface area contributed by atoms with Crippen molar-refractivity contribution in [2.75, 3.05) is 0 Å². The predicted octanol–water partition coefficient (Wildman–Crippen LogP) is -0.976. The first-order valence-corrected chi connectivity index (χ1v) is 2.69. The molecule has 0 atom stereocenters. The average Bonchev–Trinajstić information content (AvgIpc) is 1.61. The van der Waals surface area contributed by atoms with Crippen molar-refractivity contribution >= 4 is 23.1 Å². The molecule has 0 unspecified atom stereocenters. The summed E-state index contributed by atoms with van der Waals surface area (Å²) >= 11 is 0. The van der Waals surface area contributed by atoms with E-state index in [9.17, 15) is 0 Å². The van der Waals surface area contributed by atoms with Crippen molar-refractivity contribution in [3.05, 3.63) is 6.42 Å². The van der Waals surface area contributed by atoms with Gasteiger partial charge in [-0.1, -0.05) is 19.8 Å². The van der Waals surface area contributed by atoms with Gasteiger partial charge in [0.05, 0.1) is 0 Å². The Morgan fingerprint density at radius 3 is 2.00 bits per heavy atom. The SMILES string of the molecule is C[CH-]CCCC.[Cl-].[Mg+2]. The third-order valence-electron chi connectivity index (χ3n) is 0.846. The maximum Gasteiger partial charge on any atom is 2.00 e. The van der Waals surface area contributed by atoms with Gasteiger partial charge in [-0.25, -0.2) is 0 Å². The zero-order valence-corrected chi connectivity index (χ0v) is 7.95. The summed E-state index contributed by atoms with van der Waals surface area (Å²) in [7, 11) is 0. The topological polar surface area (TPSA) is 0 Å². The first-order chi connectivity index (χ1) is 2.91. The Labute approximate surface area is 75.0 Å². The van der Waals surface area contributed by atoms with Crippen LogP contribution in [0.1, 0.15) is 33.1 Å². The largest absolute Gasteiger partial charge is 2.00 e. The van der Waals surface area contributed by atoms with Crippen LogP contribution in [0.5, 0.6) is 0 Å². The van der Waals surface area contributed by atoms with Crippen LogP contribution in [0.4, 0.5) is 0 Å². The third kappa shape index (κ3) is 15.7. The molecular formula is C6H13ClMg. The van der Waals surface area contributed by atoms with E-state index in [2.05, 4.69) is 20.3 Å². The second-order valence-electron chi connectivity index (χ2n) is 1.55. The molecule has 0 aromatic heterocycles. The Morgan fingerprint density at radius 1 is 1.38 bits per heavy atom. The van der Waals surface area contributed by atoms with E-state index in [1.807, 2.05) is 0 Å². The van der Waals surface area contributed by atoms with Crippen LogP contribution >= 0.6 is 0 Å². The average molecular weight is 145 g/mol. The van der Waals surface area contributed by atoms with Crippen LogP contribution in [0.3, 0.4) is 0 Å². The van der Waals surface area contributed by atoms with Crippen LogP contribution in [0, 0.1) is 6.42 Å². The van der Waals surface area contributed by atoms with Crippen molar-refractivity contribution < 1.29 is 12.4 Å². The van der Waals surface area contributed by atoms with Gasteiger partial charge in [0.15, 0.2) is 0 Å². The van der Waals surface area contributed by atoms with Gasteiger partial charge >= 0.3 is 23.1 Å². The molecule has 0 rings (SSSR count). The smallest absolute Gasteiger partial charge is 1.00 e. The molecule has 0 N–H and O–H groups in total. The fourth-order valence-electron chi connectivity index (χ4n) is 0.408. The molecule has 0 saturated carbocycles. The van der Waals surface area contributed by atoms with Crippen molar-refractivity contribution in [3.63, 3.8) is 0 Å². The van der Waals surface area contributed by atoms with Crippen LogP contribution in [0.2, 0.25) is 0 Å². The summed E-state index contributed by atoms with van der Waals surface area (Å²) in [4.78, 5) is 0. The van der Waals surface area contributed by atoms with Crippen molar-refractivity contribution in [1.82, 2.24) is 0 Å². The van der Waals surface area contributed by atoms with E-state index in [1.54, 1.807) is 0 Å². The Morgan fingerprint density at radius 2 is 1.88 bits per heavy atom. The molecule has 0 aromatic rings. The maximum atomic E-state index is 2.21. The van der Waals surface area contributed by atoms with Gasteiger partial charge in [-0.3, -0.25) is 0 Å². The van der Waals surface area contributed by atoms with Gasteiger partial charge in [0, 0.05) is 0 Å². The normalized spacial score (nSPS) is 6.75. The van der Waals surface area contributed by atoms with Crippen molar-refractivity contribution in [2.24, 2.45) is 0 Å². The van der Waals surface area contributed by atoms with Gasteiger partial charge in [0.2, 0.25) is 0 Å². The first kappa shape index (κ1) is 16.0. The van der Waals surface area contributed by atoms with Gasteiger partial charge < -0.3 is 18.8 Å². The van der Waals surface area contributed by atoms with E-state index in [4.69, 9.17) is 0 Å². The summed E-state index contributed by atoms with van der Waals surface area (Å²) in [5, 5.41) is 0. The molecule has 0 radical (unpaired) electrons. The second kappa shape index (κ2) is 15.7. The molecule has 46 valence electrons. The Bertz CT molecular complexity index is 20.5. The molecule has 0 heterocycles. The summed E-state index contributed by atoms with van der Waals surface area (Å²) in [6.07, 6.45) is 6.18. The molecule has 0 fully saturated rings. The van der Waals surface area contributed by atoms with Crippen LogP contribution in [-0.4, -0.2) is 23.1 Å². The molecule has 0 amide bonds. The van der Waals surface area contributed by atoms with E-state index in [0.29, 0.717) is 0 Å². The third-order valence-corrected chi connectivity index (χ3v) is 0.846. The van der Waals surface area contributed by atoms with Crippen LogP contribution in [0.25, 0.3) is 0 Å². The molecule has 0 aromatic carbocycles. The number of hydrogen-bond donors (Lipinski definition) is 0. The van der Waals surface area contributed by atoms with E-state index in [0.717, 1.165) is 0 Å². The molecule has 0 aliphatic carbocycles. The molecule has 0 aliphatic rings.